The largest absolute Gasteiger partial charge is 0.329 e. The van der Waals surface area contributed by atoms with E-state index in [1.165, 1.54) is 37.1 Å². The van der Waals surface area contributed by atoms with Crippen molar-refractivity contribution in [3.05, 3.63) is 29.6 Å². The molecule has 1 unspecified atom stereocenters. The molecule has 0 aromatic carbocycles. The molecule has 0 saturated carbocycles. The van der Waals surface area contributed by atoms with Crippen molar-refractivity contribution in [1.82, 2.24) is 14.8 Å². The third-order valence-corrected chi connectivity index (χ3v) is 4.42. The Morgan fingerprint density at radius 1 is 1.47 bits per heavy atom. The second-order valence-corrected chi connectivity index (χ2v) is 5.68. The molecule has 1 atom stereocenters. The van der Waals surface area contributed by atoms with E-state index in [9.17, 15) is 0 Å². The number of nitrogens with zero attached hydrogens (tertiary/aromatic N) is 3. The van der Waals surface area contributed by atoms with Crippen molar-refractivity contribution < 1.29 is 0 Å². The van der Waals surface area contributed by atoms with E-state index in [0.717, 1.165) is 0 Å². The Hall–Kier alpha value is -0.970. The first-order valence-corrected chi connectivity index (χ1v) is 7.14. The van der Waals surface area contributed by atoms with Gasteiger partial charge in [0.25, 0.3) is 0 Å². The van der Waals surface area contributed by atoms with Crippen LogP contribution in [0.2, 0.25) is 0 Å². The molecule has 4 nitrogen and oxygen atoms in total. The lowest BCUT2D eigenvalue weighted by Gasteiger charge is -2.39. The van der Waals surface area contributed by atoms with Crippen LogP contribution in [-0.2, 0) is 0 Å². The van der Waals surface area contributed by atoms with Gasteiger partial charge in [0, 0.05) is 31.0 Å². The minimum Gasteiger partial charge on any atom is -0.329 e. The highest BCUT2D eigenvalue weighted by Gasteiger charge is 2.26. The highest BCUT2D eigenvalue weighted by atomic mass is 15.2. The Bertz CT molecular complexity index is 399. The molecule has 1 fully saturated rings. The lowest BCUT2D eigenvalue weighted by Crippen LogP contribution is -2.45. The maximum atomic E-state index is 6.03. The van der Waals surface area contributed by atoms with Crippen molar-refractivity contribution >= 4 is 0 Å². The third kappa shape index (κ3) is 3.32. The molecule has 1 aliphatic heterocycles. The molecule has 1 aromatic rings. The van der Waals surface area contributed by atoms with Gasteiger partial charge in [0.05, 0.1) is 0 Å². The minimum atomic E-state index is 0.280. The standard InChI is InChI=1S/C15H26N4/c1-12-4-7-17-11-14(12)15(10-16)19(3)13-5-8-18(2)9-6-13/h4,7,11,13,15H,5-6,8-10,16H2,1-3H3. The van der Waals surface area contributed by atoms with Crippen LogP contribution in [0.5, 0.6) is 0 Å². The van der Waals surface area contributed by atoms with Crippen LogP contribution in [0.25, 0.3) is 0 Å². The fourth-order valence-electron chi connectivity index (χ4n) is 2.99. The molecule has 1 aliphatic rings. The van der Waals surface area contributed by atoms with Crippen LogP contribution in [0.15, 0.2) is 18.5 Å². The van der Waals surface area contributed by atoms with Crippen LogP contribution in [0.1, 0.15) is 30.0 Å². The number of nitrogens with two attached hydrogens (primary N) is 1. The number of aryl methyl sites for hydroxylation is 1. The van der Waals surface area contributed by atoms with Crippen molar-refractivity contribution in [2.24, 2.45) is 5.73 Å². The van der Waals surface area contributed by atoms with Crippen molar-refractivity contribution in [2.75, 3.05) is 33.7 Å². The van der Waals surface area contributed by atoms with Gasteiger partial charge >= 0.3 is 0 Å². The number of likely N-dealkylation sites (N-methyl/N-ethyl adjacent to an activating group) is 1. The van der Waals surface area contributed by atoms with Crippen LogP contribution in [0.3, 0.4) is 0 Å². The van der Waals surface area contributed by atoms with E-state index < -0.39 is 0 Å². The number of piperidine rings is 1. The summed E-state index contributed by atoms with van der Waals surface area (Å²) in [6.07, 6.45) is 6.27. The summed E-state index contributed by atoms with van der Waals surface area (Å²) in [6.45, 7) is 5.15. The number of hydrogen-bond acceptors (Lipinski definition) is 4. The summed E-state index contributed by atoms with van der Waals surface area (Å²) in [6, 6.07) is 2.98. The first-order valence-electron chi connectivity index (χ1n) is 7.14. The van der Waals surface area contributed by atoms with E-state index in [2.05, 4.69) is 41.9 Å². The molecule has 2 N–H and O–H groups in total. The zero-order chi connectivity index (χ0) is 13.8. The lowest BCUT2D eigenvalue weighted by atomic mass is 9.97. The first kappa shape index (κ1) is 14.4. The predicted molar refractivity (Wildman–Crippen MR) is 79.1 cm³/mol. The van der Waals surface area contributed by atoms with Gasteiger partial charge in [0.1, 0.15) is 0 Å². The molecule has 19 heavy (non-hydrogen) atoms. The SMILES string of the molecule is Cc1ccncc1C(CN)N(C)C1CCN(C)CC1. The van der Waals surface area contributed by atoms with Gasteiger partial charge in [-0.05, 0) is 64.1 Å². The van der Waals surface area contributed by atoms with Crippen LogP contribution in [0.4, 0.5) is 0 Å². The maximum absolute atomic E-state index is 6.03. The van der Waals surface area contributed by atoms with E-state index in [1.807, 2.05) is 12.4 Å². The molecule has 0 aliphatic carbocycles. The highest BCUT2D eigenvalue weighted by molar-refractivity contribution is 5.25. The summed E-state index contributed by atoms with van der Waals surface area (Å²) in [5, 5.41) is 0. The Morgan fingerprint density at radius 2 is 2.16 bits per heavy atom. The van der Waals surface area contributed by atoms with E-state index in [1.54, 1.807) is 0 Å². The van der Waals surface area contributed by atoms with Gasteiger partial charge in [-0.15, -0.1) is 0 Å². The molecule has 2 heterocycles. The number of pyridine rings is 1. The molecular weight excluding hydrogens is 236 g/mol. The molecule has 0 spiro atoms. The van der Waals surface area contributed by atoms with Gasteiger partial charge in [-0.3, -0.25) is 9.88 Å². The molecular formula is C15H26N4. The first-order chi connectivity index (χ1) is 9.13. The quantitative estimate of drug-likeness (QED) is 0.891. The fourth-order valence-corrected chi connectivity index (χ4v) is 2.99. The second kappa shape index (κ2) is 6.46. The number of rotatable bonds is 4. The van der Waals surface area contributed by atoms with Crippen LogP contribution < -0.4 is 5.73 Å². The predicted octanol–water partition coefficient (Wildman–Crippen LogP) is 1.42. The fraction of sp³-hybridized carbons (Fsp3) is 0.667. The normalized spacial score (nSPS) is 19.8. The van der Waals surface area contributed by atoms with E-state index in [0.29, 0.717) is 12.6 Å². The minimum absolute atomic E-state index is 0.280. The third-order valence-electron chi connectivity index (χ3n) is 4.42. The van der Waals surface area contributed by atoms with Gasteiger partial charge in [0.2, 0.25) is 0 Å². The Labute approximate surface area is 116 Å². The van der Waals surface area contributed by atoms with Gasteiger partial charge in [0.15, 0.2) is 0 Å². The Balaban J connectivity index is 2.11. The molecule has 106 valence electrons. The summed E-state index contributed by atoms with van der Waals surface area (Å²) in [5.74, 6) is 0. The zero-order valence-corrected chi connectivity index (χ0v) is 12.3. The number of hydrogen-bond donors (Lipinski definition) is 1. The number of likely N-dealkylation sites (tertiary alicyclic amines) is 1. The van der Waals surface area contributed by atoms with Gasteiger partial charge in [-0.1, -0.05) is 0 Å². The van der Waals surface area contributed by atoms with Crippen molar-refractivity contribution in [2.45, 2.75) is 31.8 Å². The molecule has 1 aromatic heterocycles. The molecule has 0 amide bonds. The van der Waals surface area contributed by atoms with Crippen LogP contribution in [-0.4, -0.2) is 54.6 Å². The van der Waals surface area contributed by atoms with Crippen molar-refractivity contribution in [3.8, 4) is 0 Å². The maximum Gasteiger partial charge on any atom is 0.0488 e. The van der Waals surface area contributed by atoms with Crippen molar-refractivity contribution in [3.63, 3.8) is 0 Å². The molecule has 0 bridgehead atoms. The van der Waals surface area contributed by atoms with Gasteiger partial charge in [-0.25, -0.2) is 0 Å². The molecule has 2 rings (SSSR count). The van der Waals surface area contributed by atoms with Gasteiger partial charge in [-0.2, -0.15) is 0 Å². The highest BCUT2D eigenvalue weighted by Crippen LogP contribution is 2.26. The van der Waals surface area contributed by atoms with Crippen LogP contribution >= 0.6 is 0 Å². The smallest absolute Gasteiger partial charge is 0.0488 e. The summed E-state index contributed by atoms with van der Waals surface area (Å²) in [5.41, 5.74) is 8.58. The topological polar surface area (TPSA) is 45.4 Å². The van der Waals surface area contributed by atoms with E-state index in [4.69, 9.17) is 5.73 Å². The summed E-state index contributed by atoms with van der Waals surface area (Å²) in [4.78, 5) is 9.12. The van der Waals surface area contributed by atoms with E-state index >= 15 is 0 Å². The summed E-state index contributed by atoms with van der Waals surface area (Å²) < 4.78 is 0. The molecule has 0 radical (unpaired) electrons. The monoisotopic (exact) mass is 262 g/mol. The Morgan fingerprint density at radius 3 is 2.74 bits per heavy atom. The molecule has 1 saturated heterocycles. The number of aromatic nitrogens is 1. The van der Waals surface area contributed by atoms with Crippen molar-refractivity contribution in [1.29, 1.82) is 0 Å². The van der Waals surface area contributed by atoms with E-state index in [-0.39, 0.29) is 6.04 Å². The lowest BCUT2D eigenvalue weighted by molar-refractivity contribution is 0.109. The average Bonchev–Trinajstić information content (AvgIpc) is 2.42. The summed E-state index contributed by atoms with van der Waals surface area (Å²) in [7, 11) is 4.40. The average molecular weight is 262 g/mol. The van der Waals surface area contributed by atoms with Gasteiger partial charge < -0.3 is 10.6 Å². The zero-order valence-electron chi connectivity index (χ0n) is 12.3. The molecule has 4 heteroatoms. The second-order valence-electron chi connectivity index (χ2n) is 5.68. The summed E-state index contributed by atoms with van der Waals surface area (Å²) >= 11 is 0. The van der Waals surface area contributed by atoms with Crippen LogP contribution in [0, 0.1) is 6.92 Å². The Kier molecular flexibility index (Phi) is 4.91.